The van der Waals surface area contributed by atoms with Gasteiger partial charge in [-0.05, 0) is 30.2 Å². The molecule has 7 nitrogen and oxygen atoms in total. The molecule has 26 heavy (non-hydrogen) atoms. The van der Waals surface area contributed by atoms with Crippen molar-refractivity contribution in [3.63, 3.8) is 0 Å². The van der Waals surface area contributed by atoms with Crippen LogP contribution in [0.25, 0.3) is 0 Å². The Balaban J connectivity index is 1.81. The Morgan fingerprint density at radius 1 is 1.46 bits per heavy atom. The molecule has 1 saturated heterocycles. The Kier molecular flexibility index (Phi) is 4.96. The molecule has 2 N–H and O–H groups in total. The monoisotopic (exact) mass is 353 g/mol. The fraction of sp³-hybridized carbons (Fsp3) is 0.421. The summed E-state index contributed by atoms with van der Waals surface area (Å²) in [6.45, 7) is 4.02. The summed E-state index contributed by atoms with van der Waals surface area (Å²) in [5, 5.41) is 13.4. The molecule has 136 valence electrons. The molecule has 1 aliphatic heterocycles. The van der Waals surface area contributed by atoms with E-state index in [1.807, 2.05) is 37.0 Å². The second kappa shape index (κ2) is 7.18. The van der Waals surface area contributed by atoms with Gasteiger partial charge in [-0.15, -0.1) is 0 Å². The number of hydrogen-bond acceptors (Lipinski definition) is 5. The molecule has 0 spiro atoms. The van der Waals surface area contributed by atoms with E-state index >= 15 is 0 Å². The summed E-state index contributed by atoms with van der Waals surface area (Å²) < 4.78 is 7.10. The molecule has 2 heterocycles. The van der Waals surface area contributed by atoms with Gasteiger partial charge in [0.1, 0.15) is 11.8 Å². The maximum atomic E-state index is 12.0. The normalized spacial score (nSPS) is 20.1. The molecule has 1 aromatic heterocycles. The number of nitrogens with two attached hydrogens (primary N) is 1. The molecule has 0 aliphatic carbocycles. The van der Waals surface area contributed by atoms with Crippen molar-refractivity contribution in [1.82, 2.24) is 14.7 Å². The number of likely N-dealkylation sites (tertiary alicyclic amines) is 1. The van der Waals surface area contributed by atoms with Crippen molar-refractivity contribution < 1.29 is 9.53 Å². The first-order chi connectivity index (χ1) is 12.4. The van der Waals surface area contributed by atoms with Crippen LogP contribution in [0, 0.1) is 24.2 Å². The van der Waals surface area contributed by atoms with E-state index in [9.17, 15) is 4.79 Å². The highest BCUT2D eigenvalue weighted by molar-refractivity contribution is 5.78. The van der Waals surface area contributed by atoms with Crippen molar-refractivity contribution in [2.75, 3.05) is 20.2 Å². The molecular weight excluding hydrogens is 330 g/mol. The number of hydrogen-bond donors (Lipinski definition) is 1. The minimum absolute atomic E-state index is 0.0430. The van der Waals surface area contributed by atoms with E-state index in [0.29, 0.717) is 24.4 Å². The van der Waals surface area contributed by atoms with Gasteiger partial charge in [0.15, 0.2) is 0 Å². The van der Waals surface area contributed by atoms with E-state index in [4.69, 9.17) is 15.7 Å². The largest absolute Gasteiger partial charge is 0.495 e. The highest BCUT2D eigenvalue weighted by Crippen LogP contribution is 2.35. The van der Waals surface area contributed by atoms with Crippen LogP contribution in [0.2, 0.25) is 0 Å². The van der Waals surface area contributed by atoms with Crippen LogP contribution in [-0.4, -0.2) is 40.8 Å². The lowest BCUT2D eigenvalue weighted by Gasteiger charge is -2.16. The van der Waals surface area contributed by atoms with Crippen LogP contribution in [0.1, 0.15) is 28.3 Å². The molecule has 0 radical (unpaired) electrons. The molecule has 1 fully saturated rings. The molecule has 1 amide bonds. The molecule has 2 aromatic rings. The number of primary amides is 1. The van der Waals surface area contributed by atoms with Gasteiger partial charge in [-0.3, -0.25) is 14.4 Å². The summed E-state index contributed by atoms with van der Waals surface area (Å²) in [4.78, 5) is 14.2. The molecular formula is C19H23N5O2. The van der Waals surface area contributed by atoms with Crippen molar-refractivity contribution >= 4 is 5.91 Å². The highest BCUT2D eigenvalue weighted by Gasteiger charge is 2.38. The van der Waals surface area contributed by atoms with Crippen LogP contribution in [0.3, 0.4) is 0 Å². The SMILES string of the molecule is COc1cc(CN2C[C@H](C(N)=O)[C@@H](c3cnn(C)c3C)C2)ccc1C#N. The zero-order chi connectivity index (χ0) is 18.8. The third-order valence-corrected chi connectivity index (χ3v) is 5.23. The third-order valence-electron chi connectivity index (χ3n) is 5.23. The van der Waals surface area contributed by atoms with Crippen LogP contribution in [0.4, 0.5) is 0 Å². The Morgan fingerprint density at radius 3 is 2.81 bits per heavy atom. The summed E-state index contributed by atoms with van der Waals surface area (Å²) in [5.41, 5.74) is 9.36. The Morgan fingerprint density at radius 2 is 2.23 bits per heavy atom. The molecule has 0 bridgehead atoms. The van der Waals surface area contributed by atoms with E-state index in [1.165, 1.54) is 0 Å². The maximum Gasteiger partial charge on any atom is 0.222 e. The average molecular weight is 353 g/mol. The molecule has 1 aliphatic rings. The zero-order valence-electron chi connectivity index (χ0n) is 15.3. The van der Waals surface area contributed by atoms with Crippen LogP contribution in [-0.2, 0) is 18.4 Å². The number of methoxy groups -OCH3 is 1. The van der Waals surface area contributed by atoms with E-state index in [-0.39, 0.29) is 17.7 Å². The number of amides is 1. The van der Waals surface area contributed by atoms with Crippen molar-refractivity contribution in [2.24, 2.45) is 18.7 Å². The van der Waals surface area contributed by atoms with Crippen LogP contribution >= 0.6 is 0 Å². The maximum absolute atomic E-state index is 12.0. The number of rotatable bonds is 5. The summed E-state index contributed by atoms with van der Waals surface area (Å²) in [6.07, 6.45) is 1.84. The topological polar surface area (TPSA) is 97.2 Å². The summed E-state index contributed by atoms with van der Waals surface area (Å²) >= 11 is 0. The number of aromatic nitrogens is 2. The predicted molar refractivity (Wildman–Crippen MR) is 96.4 cm³/mol. The first-order valence-electron chi connectivity index (χ1n) is 8.51. The van der Waals surface area contributed by atoms with Gasteiger partial charge >= 0.3 is 0 Å². The van der Waals surface area contributed by atoms with E-state index in [0.717, 1.165) is 23.4 Å². The first kappa shape index (κ1) is 18.0. The summed E-state index contributed by atoms with van der Waals surface area (Å²) in [6, 6.07) is 7.67. The van der Waals surface area contributed by atoms with Crippen molar-refractivity contribution in [3.05, 3.63) is 46.8 Å². The van der Waals surface area contributed by atoms with E-state index < -0.39 is 0 Å². The second-order valence-corrected chi connectivity index (χ2v) is 6.76. The van der Waals surface area contributed by atoms with Gasteiger partial charge in [-0.2, -0.15) is 10.4 Å². The molecule has 1 aromatic carbocycles. The van der Waals surface area contributed by atoms with Gasteiger partial charge in [0.25, 0.3) is 0 Å². The number of aryl methyl sites for hydroxylation is 1. The number of carbonyl (C=O) groups is 1. The molecule has 0 saturated carbocycles. The number of ether oxygens (including phenoxy) is 1. The zero-order valence-corrected chi connectivity index (χ0v) is 15.3. The highest BCUT2D eigenvalue weighted by atomic mass is 16.5. The van der Waals surface area contributed by atoms with Gasteiger partial charge < -0.3 is 10.5 Å². The fourth-order valence-electron chi connectivity index (χ4n) is 3.68. The number of nitriles is 1. The number of benzene rings is 1. The Bertz CT molecular complexity index is 867. The number of carbonyl (C=O) groups excluding carboxylic acids is 1. The average Bonchev–Trinajstić information content (AvgIpc) is 3.18. The van der Waals surface area contributed by atoms with Crippen LogP contribution in [0.15, 0.2) is 24.4 Å². The van der Waals surface area contributed by atoms with Crippen LogP contribution in [0.5, 0.6) is 5.75 Å². The fourth-order valence-corrected chi connectivity index (χ4v) is 3.68. The number of nitrogens with zero attached hydrogens (tertiary/aromatic N) is 4. The summed E-state index contributed by atoms with van der Waals surface area (Å²) in [5.74, 6) is 0.0909. The lowest BCUT2D eigenvalue weighted by atomic mass is 9.89. The molecule has 0 unspecified atom stereocenters. The van der Waals surface area contributed by atoms with Gasteiger partial charge in [0.05, 0.1) is 24.8 Å². The van der Waals surface area contributed by atoms with Crippen molar-refractivity contribution in [2.45, 2.75) is 19.4 Å². The van der Waals surface area contributed by atoms with E-state index in [2.05, 4.69) is 16.1 Å². The van der Waals surface area contributed by atoms with Gasteiger partial charge in [-0.25, -0.2) is 0 Å². The minimum Gasteiger partial charge on any atom is -0.495 e. The Labute approximate surface area is 153 Å². The van der Waals surface area contributed by atoms with E-state index in [1.54, 1.807) is 13.2 Å². The lowest BCUT2D eigenvalue weighted by Crippen LogP contribution is -2.29. The predicted octanol–water partition coefficient (Wildman–Crippen LogP) is 1.31. The smallest absolute Gasteiger partial charge is 0.222 e. The van der Waals surface area contributed by atoms with Crippen LogP contribution < -0.4 is 10.5 Å². The minimum atomic E-state index is -0.279. The van der Waals surface area contributed by atoms with Crippen molar-refractivity contribution in [1.29, 1.82) is 5.26 Å². The molecule has 3 rings (SSSR count). The standard InChI is InChI=1S/C19H23N5O2/c1-12-15(8-22-23(12)2)16-10-24(11-17(16)19(21)25)9-13-4-5-14(7-20)18(6-13)26-3/h4-6,8,16-17H,9-11H2,1-3H3,(H2,21,25)/t16-,17+/m1/s1. The van der Waals surface area contributed by atoms with Gasteiger partial charge in [0.2, 0.25) is 5.91 Å². The quantitative estimate of drug-likeness (QED) is 0.874. The molecule has 7 heteroatoms. The van der Waals surface area contributed by atoms with Crippen molar-refractivity contribution in [3.8, 4) is 11.8 Å². The van der Waals surface area contributed by atoms with Gasteiger partial charge in [0, 0.05) is 38.3 Å². The second-order valence-electron chi connectivity index (χ2n) is 6.76. The lowest BCUT2D eigenvalue weighted by molar-refractivity contribution is -0.121. The Hall–Kier alpha value is -2.85. The molecule has 2 atom stereocenters. The van der Waals surface area contributed by atoms with Gasteiger partial charge in [-0.1, -0.05) is 6.07 Å². The summed E-state index contributed by atoms with van der Waals surface area (Å²) in [7, 11) is 3.45. The first-order valence-corrected chi connectivity index (χ1v) is 8.51. The third kappa shape index (κ3) is 3.28.